The first-order valence-corrected chi connectivity index (χ1v) is 6.99. The molecule has 0 unspecified atom stereocenters. The van der Waals surface area contributed by atoms with E-state index in [1.807, 2.05) is 0 Å². The fourth-order valence-corrected chi connectivity index (χ4v) is 2.63. The minimum absolute atomic E-state index is 0.0864. The van der Waals surface area contributed by atoms with Crippen molar-refractivity contribution in [1.82, 2.24) is 4.90 Å². The van der Waals surface area contributed by atoms with Gasteiger partial charge in [0.2, 0.25) is 0 Å². The van der Waals surface area contributed by atoms with Crippen molar-refractivity contribution < 1.29 is 18.3 Å². The van der Waals surface area contributed by atoms with Gasteiger partial charge in [0, 0.05) is 24.7 Å². The molecule has 0 aromatic heterocycles. The summed E-state index contributed by atoms with van der Waals surface area (Å²) >= 11 is 0. The third kappa shape index (κ3) is 3.69. The summed E-state index contributed by atoms with van der Waals surface area (Å²) in [6.07, 6.45) is 1.58. The first kappa shape index (κ1) is 15.7. The van der Waals surface area contributed by atoms with Gasteiger partial charge in [-0.15, -0.1) is 0 Å². The van der Waals surface area contributed by atoms with Crippen molar-refractivity contribution in [2.75, 3.05) is 13.1 Å². The van der Waals surface area contributed by atoms with Crippen LogP contribution in [0.5, 0.6) is 5.75 Å². The van der Waals surface area contributed by atoms with Crippen molar-refractivity contribution in [2.45, 2.75) is 39.3 Å². The molecular weight excluding hydrogens is 278 g/mol. The van der Waals surface area contributed by atoms with Gasteiger partial charge in [-0.2, -0.15) is 8.78 Å². The fraction of sp³-hybridized carbons (Fsp3) is 0.533. The minimum Gasteiger partial charge on any atom is -0.434 e. The SMILES string of the molecule is Cc1cc(C(=O)N2CCC(N)CC2)cc(C)c1OC(F)F. The molecule has 0 aliphatic carbocycles. The first-order valence-electron chi connectivity index (χ1n) is 6.99. The number of likely N-dealkylation sites (tertiary alicyclic amines) is 1. The zero-order chi connectivity index (χ0) is 15.6. The number of amides is 1. The number of halogens is 2. The van der Waals surface area contributed by atoms with E-state index < -0.39 is 6.61 Å². The van der Waals surface area contributed by atoms with Crippen molar-refractivity contribution in [3.63, 3.8) is 0 Å². The minimum atomic E-state index is -2.87. The standard InChI is InChI=1S/C15H20F2N2O2/c1-9-7-11(8-10(2)13(9)21-15(16)17)14(20)19-5-3-12(18)4-6-19/h7-8,12,15H,3-6,18H2,1-2H3. The first-order chi connectivity index (χ1) is 9.88. The highest BCUT2D eigenvalue weighted by Gasteiger charge is 2.23. The molecule has 1 aromatic carbocycles. The Balaban J connectivity index is 2.19. The second-order valence-corrected chi connectivity index (χ2v) is 5.45. The zero-order valence-corrected chi connectivity index (χ0v) is 12.2. The van der Waals surface area contributed by atoms with Crippen LogP contribution in [0.15, 0.2) is 12.1 Å². The lowest BCUT2D eigenvalue weighted by molar-refractivity contribution is -0.0507. The second kappa shape index (κ2) is 6.39. The summed E-state index contributed by atoms with van der Waals surface area (Å²) in [6, 6.07) is 3.35. The summed E-state index contributed by atoms with van der Waals surface area (Å²) in [4.78, 5) is 14.2. The van der Waals surface area contributed by atoms with Gasteiger partial charge in [-0.1, -0.05) is 0 Å². The normalized spacial score (nSPS) is 16.4. The summed E-state index contributed by atoms with van der Waals surface area (Å²) in [5.74, 6) is 0.0545. The molecule has 1 aliphatic heterocycles. The fourth-order valence-electron chi connectivity index (χ4n) is 2.63. The Morgan fingerprint density at radius 1 is 1.29 bits per heavy atom. The molecule has 116 valence electrons. The number of hydrogen-bond donors (Lipinski definition) is 1. The number of ether oxygens (including phenoxy) is 1. The largest absolute Gasteiger partial charge is 0.434 e. The van der Waals surface area contributed by atoms with E-state index in [-0.39, 0.29) is 17.7 Å². The summed E-state index contributed by atoms with van der Waals surface area (Å²) in [5.41, 5.74) is 7.40. The van der Waals surface area contributed by atoms with E-state index in [0.717, 1.165) is 12.8 Å². The van der Waals surface area contributed by atoms with Gasteiger partial charge in [-0.3, -0.25) is 4.79 Å². The maximum Gasteiger partial charge on any atom is 0.387 e. The number of carbonyl (C=O) groups is 1. The maximum absolute atomic E-state index is 12.4. The number of nitrogens with two attached hydrogens (primary N) is 1. The number of hydrogen-bond acceptors (Lipinski definition) is 3. The Hall–Kier alpha value is -1.69. The van der Waals surface area contributed by atoms with Crippen LogP contribution in [0, 0.1) is 13.8 Å². The highest BCUT2D eigenvalue weighted by atomic mass is 19.3. The molecule has 0 atom stereocenters. The number of alkyl halides is 2. The highest BCUT2D eigenvalue weighted by molar-refractivity contribution is 5.95. The molecule has 2 N–H and O–H groups in total. The summed E-state index contributed by atoms with van der Waals surface area (Å²) in [7, 11) is 0. The van der Waals surface area contributed by atoms with Crippen molar-refractivity contribution in [3.8, 4) is 5.75 Å². The molecule has 1 fully saturated rings. The van der Waals surface area contributed by atoms with Crippen molar-refractivity contribution >= 4 is 5.91 Å². The molecule has 4 nitrogen and oxygen atoms in total. The van der Waals surface area contributed by atoms with Gasteiger partial charge in [-0.25, -0.2) is 0 Å². The Morgan fingerprint density at radius 3 is 2.29 bits per heavy atom. The molecule has 0 radical (unpaired) electrons. The van der Waals surface area contributed by atoms with Crippen LogP contribution in [0.25, 0.3) is 0 Å². The molecule has 1 aliphatic rings. The van der Waals surface area contributed by atoms with Gasteiger partial charge in [0.1, 0.15) is 5.75 Å². The van der Waals surface area contributed by atoms with Gasteiger partial charge in [0.05, 0.1) is 0 Å². The van der Waals surface area contributed by atoms with E-state index >= 15 is 0 Å². The van der Waals surface area contributed by atoms with Crippen LogP contribution in [0.2, 0.25) is 0 Å². The average molecular weight is 298 g/mol. The van der Waals surface area contributed by atoms with E-state index in [1.54, 1.807) is 30.9 Å². The van der Waals surface area contributed by atoms with Gasteiger partial charge in [-0.05, 0) is 49.9 Å². The van der Waals surface area contributed by atoms with Crippen molar-refractivity contribution in [3.05, 3.63) is 28.8 Å². The molecule has 0 saturated carbocycles. The molecule has 6 heteroatoms. The average Bonchev–Trinajstić information content (AvgIpc) is 2.42. The van der Waals surface area contributed by atoms with Gasteiger partial charge >= 0.3 is 6.61 Å². The van der Waals surface area contributed by atoms with E-state index in [2.05, 4.69) is 4.74 Å². The lowest BCUT2D eigenvalue weighted by Crippen LogP contribution is -2.42. The Bertz CT molecular complexity index is 503. The Labute approximate surface area is 122 Å². The van der Waals surface area contributed by atoms with Crippen molar-refractivity contribution in [1.29, 1.82) is 0 Å². The number of piperidine rings is 1. The molecule has 2 rings (SSSR count). The van der Waals surface area contributed by atoms with E-state index in [1.165, 1.54) is 0 Å². The predicted molar refractivity (Wildman–Crippen MR) is 75.7 cm³/mol. The monoisotopic (exact) mass is 298 g/mol. The lowest BCUT2D eigenvalue weighted by Gasteiger charge is -2.30. The smallest absolute Gasteiger partial charge is 0.387 e. The number of carbonyl (C=O) groups excluding carboxylic acids is 1. The van der Waals surface area contributed by atoms with Gasteiger partial charge < -0.3 is 15.4 Å². The van der Waals surface area contributed by atoms with Crippen LogP contribution in [0.4, 0.5) is 8.78 Å². The van der Waals surface area contributed by atoms with E-state index in [9.17, 15) is 13.6 Å². The molecule has 1 saturated heterocycles. The lowest BCUT2D eigenvalue weighted by atomic mass is 10.0. The maximum atomic E-state index is 12.4. The Morgan fingerprint density at radius 2 is 1.81 bits per heavy atom. The Kier molecular flexibility index (Phi) is 4.77. The van der Waals surface area contributed by atoms with Crippen LogP contribution in [0.1, 0.15) is 34.3 Å². The van der Waals surface area contributed by atoms with Crippen LogP contribution >= 0.6 is 0 Å². The van der Waals surface area contributed by atoms with Crippen molar-refractivity contribution in [2.24, 2.45) is 5.73 Å². The molecule has 1 amide bonds. The molecule has 1 heterocycles. The molecule has 1 aromatic rings. The second-order valence-electron chi connectivity index (χ2n) is 5.45. The quantitative estimate of drug-likeness (QED) is 0.932. The zero-order valence-electron chi connectivity index (χ0n) is 12.2. The third-order valence-corrected chi connectivity index (χ3v) is 3.74. The van der Waals surface area contributed by atoms with Crippen LogP contribution < -0.4 is 10.5 Å². The predicted octanol–water partition coefficient (Wildman–Crippen LogP) is 2.47. The third-order valence-electron chi connectivity index (χ3n) is 3.74. The van der Waals surface area contributed by atoms with Crippen LogP contribution in [-0.4, -0.2) is 36.5 Å². The molecule has 0 bridgehead atoms. The summed E-state index contributed by atoms with van der Waals surface area (Å²) in [6.45, 7) is 1.72. The van der Waals surface area contributed by atoms with Crippen LogP contribution in [-0.2, 0) is 0 Å². The topological polar surface area (TPSA) is 55.6 Å². The van der Waals surface area contributed by atoms with Gasteiger partial charge in [0.25, 0.3) is 5.91 Å². The van der Waals surface area contributed by atoms with Gasteiger partial charge in [0.15, 0.2) is 0 Å². The number of aryl methyl sites for hydroxylation is 2. The van der Waals surface area contributed by atoms with E-state index in [4.69, 9.17) is 5.73 Å². The highest BCUT2D eigenvalue weighted by Crippen LogP contribution is 2.27. The molecule has 21 heavy (non-hydrogen) atoms. The number of nitrogens with zero attached hydrogens (tertiary/aromatic N) is 1. The molecular formula is C15H20F2N2O2. The molecule has 0 spiro atoms. The number of rotatable bonds is 3. The summed E-state index contributed by atoms with van der Waals surface area (Å²) in [5, 5.41) is 0. The van der Waals surface area contributed by atoms with Crippen LogP contribution in [0.3, 0.4) is 0 Å². The van der Waals surface area contributed by atoms with E-state index in [0.29, 0.717) is 29.8 Å². The summed E-state index contributed by atoms with van der Waals surface area (Å²) < 4.78 is 29.2. The number of benzene rings is 1.